The zero-order valence-electron chi connectivity index (χ0n) is 20.8. The van der Waals surface area contributed by atoms with Gasteiger partial charge in [-0.2, -0.15) is 0 Å². The van der Waals surface area contributed by atoms with Crippen molar-refractivity contribution in [3.05, 3.63) is 101 Å². The van der Waals surface area contributed by atoms with E-state index in [1.165, 1.54) is 23.1 Å². The number of likely N-dealkylation sites (N-methyl/N-ethyl adjacent to an activating group) is 1. The summed E-state index contributed by atoms with van der Waals surface area (Å²) in [5, 5.41) is 0. The van der Waals surface area contributed by atoms with E-state index in [0.717, 1.165) is 57.9 Å². The quantitative estimate of drug-likeness (QED) is 0.349. The van der Waals surface area contributed by atoms with E-state index < -0.39 is 0 Å². The molecule has 0 amide bonds. The number of halogens is 4. The Morgan fingerprint density at radius 2 is 1.42 bits per heavy atom. The van der Waals surface area contributed by atoms with Gasteiger partial charge in [-0.3, -0.25) is 4.90 Å². The molecular formula is C29H37Cl3FN3. The molecule has 0 N–H and O–H groups in total. The fourth-order valence-electron chi connectivity index (χ4n) is 5.87. The lowest BCUT2D eigenvalue weighted by Gasteiger charge is -2.44. The van der Waals surface area contributed by atoms with Crippen molar-refractivity contribution in [3.8, 4) is 0 Å². The minimum absolute atomic E-state index is 0. The third-order valence-corrected chi connectivity index (χ3v) is 7.48. The Morgan fingerprint density at radius 1 is 0.778 bits per heavy atom. The molecular weight excluding hydrogens is 516 g/mol. The third-order valence-electron chi connectivity index (χ3n) is 7.48. The second kappa shape index (κ2) is 13.6. The second-order valence-corrected chi connectivity index (χ2v) is 9.69. The highest BCUT2D eigenvalue weighted by Crippen LogP contribution is 2.42. The predicted octanol–water partition coefficient (Wildman–Crippen LogP) is 6.43. The van der Waals surface area contributed by atoms with Crippen LogP contribution in [-0.2, 0) is 12.0 Å². The fraction of sp³-hybridized carbons (Fsp3) is 0.379. The largest absolute Gasteiger partial charge is 0.369 e. The smallest absolute Gasteiger partial charge is 0.123 e. The maximum Gasteiger partial charge on any atom is 0.123 e. The average molecular weight is 553 g/mol. The van der Waals surface area contributed by atoms with Gasteiger partial charge >= 0.3 is 0 Å². The van der Waals surface area contributed by atoms with Gasteiger partial charge in [0.1, 0.15) is 5.82 Å². The molecule has 7 heteroatoms. The highest BCUT2D eigenvalue weighted by Gasteiger charge is 2.39. The molecule has 1 fully saturated rings. The second-order valence-electron chi connectivity index (χ2n) is 9.69. The predicted molar refractivity (Wildman–Crippen MR) is 156 cm³/mol. The minimum Gasteiger partial charge on any atom is -0.369 e. The van der Waals surface area contributed by atoms with E-state index in [9.17, 15) is 4.39 Å². The monoisotopic (exact) mass is 551 g/mol. The van der Waals surface area contributed by atoms with E-state index in [4.69, 9.17) is 0 Å². The summed E-state index contributed by atoms with van der Waals surface area (Å²) >= 11 is 0. The van der Waals surface area contributed by atoms with Crippen molar-refractivity contribution in [2.45, 2.75) is 24.8 Å². The number of benzene rings is 3. The number of nitrogens with zero attached hydrogens (tertiary/aromatic N) is 3. The van der Waals surface area contributed by atoms with Crippen LogP contribution in [0.25, 0.3) is 0 Å². The lowest BCUT2D eigenvalue weighted by Crippen LogP contribution is -2.48. The van der Waals surface area contributed by atoms with Crippen molar-refractivity contribution in [1.82, 2.24) is 9.80 Å². The van der Waals surface area contributed by atoms with E-state index >= 15 is 0 Å². The van der Waals surface area contributed by atoms with Crippen molar-refractivity contribution in [3.63, 3.8) is 0 Å². The van der Waals surface area contributed by atoms with Gasteiger partial charge in [0.25, 0.3) is 0 Å². The van der Waals surface area contributed by atoms with Crippen LogP contribution in [0.4, 0.5) is 10.1 Å². The molecule has 0 aliphatic carbocycles. The summed E-state index contributed by atoms with van der Waals surface area (Å²) in [5.41, 5.74) is 5.57. The summed E-state index contributed by atoms with van der Waals surface area (Å²) in [6.07, 6.45) is 2.32. The molecule has 0 bridgehead atoms. The Kier molecular flexibility index (Phi) is 11.5. The Labute approximate surface area is 233 Å². The molecule has 3 aromatic carbocycles. The van der Waals surface area contributed by atoms with Crippen LogP contribution >= 0.6 is 37.2 Å². The molecule has 3 aromatic rings. The molecule has 2 aliphatic heterocycles. The van der Waals surface area contributed by atoms with Gasteiger partial charge in [-0.1, -0.05) is 54.6 Å². The van der Waals surface area contributed by atoms with E-state index in [1.54, 1.807) is 12.1 Å². The van der Waals surface area contributed by atoms with Gasteiger partial charge in [-0.15, -0.1) is 37.2 Å². The van der Waals surface area contributed by atoms with Crippen LogP contribution in [-0.4, -0.2) is 56.1 Å². The van der Waals surface area contributed by atoms with E-state index in [-0.39, 0.29) is 48.5 Å². The lowest BCUT2D eigenvalue weighted by atomic mass is 9.67. The Hall–Kier alpha value is -1.82. The average Bonchev–Trinajstić information content (AvgIpc) is 2.85. The van der Waals surface area contributed by atoms with E-state index in [0.29, 0.717) is 0 Å². The number of piperazine rings is 1. The highest BCUT2D eigenvalue weighted by molar-refractivity contribution is 5.86. The van der Waals surface area contributed by atoms with Crippen LogP contribution in [0.1, 0.15) is 29.5 Å². The molecule has 1 saturated heterocycles. The number of rotatable bonds is 6. The van der Waals surface area contributed by atoms with Crippen LogP contribution in [0.3, 0.4) is 0 Å². The van der Waals surface area contributed by atoms with Gasteiger partial charge < -0.3 is 9.80 Å². The first-order valence-electron chi connectivity index (χ1n) is 12.2. The van der Waals surface area contributed by atoms with E-state index in [1.807, 2.05) is 12.1 Å². The molecule has 1 unspecified atom stereocenters. The van der Waals surface area contributed by atoms with Gasteiger partial charge in [0.2, 0.25) is 0 Å². The summed E-state index contributed by atoms with van der Waals surface area (Å²) < 4.78 is 13.2. The van der Waals surface area contributed by atoms with Gasteiger partial charge in [0, 0.05) is 50.4 Å². The lowest BCUT2D eigenvalue weighted by molar-refractivity contribution is 0.207. The zero-order valence-corrected chi connectivity index (χ0v) is 23.3. The zero-order chi connectivity index (χ0) is 22.7. The summed E-state index contributed by atoms with van der Waals surface area (Å²) in [4.78, 5) is 7.45. The van der Waals surface area contributed by atoms with Crippen molar-refractivity contribution >= 4 is 42.9 Å². The summed E-state index contributed by atoms with van der Waals surface area (Å²) in [6.45, 7) is 7.33. The molecule has 0 saturated carbocycles. The number of fused-ring (bicyclic) bond motifs is 1. The van der Waals surface area contributed by atoms with Gasteiger partial charge in [0.15, 0.2) is 0 Å². The molecule has 0 aromatic heterocycles. The third kappa shape index (κ3) is 6.54. The van der Waals surface area contributed by atoms with Crippen molar-refractivity contribution in [2.24, 2.45) is 0 Å². The molecule has 2 aliphatic rings. The topological polar surface area (TPSA) is 9.72 Å². The minimum atomic E-state index is -0.167. The highest BCUT2D eigenvalue weighted by atomic mass is 35.5. The maximum atomic E-state index is 13.2. The van der Waals surface area contributed by atoms with Crippen LogP contribution in [0, 0.1) is 5.82 Å². The molecule has 36 heavy (non-hydrogen) atoms. The van der Waals surface area contributed by atoms with Gasteiger partial charge in [-0.25, -0.2) is 4.39 Å². The Balaban J connectivity index is 0.00000152. The molecule has 2 heterocycles. The summed E-state index contributed by atoms with van der Waals surface area (Å²) in [5.74, 6) is -0.167. The molecule has 196 valence electrons. The van der Waals surface area contributed by atoms with Crippen LogP contribution < -0.4 is 4.90 Å². The van der Waals surface area contributed by atoms with Crippen LogP contribution in [0.15, 0.2) is 78.9 Å². The first kappa shape index (κ1) is 30.4. The fourth-order valence-corrected chi connectivity index (χ4v) is 5.87. The number of hydrogen-bond acceptors (Lipinski definition) is 3. The molecule has 0 spiro atoms. The maximum absolute atomic E-state index is 13.2. The Morgan fingerprint density at radius 3 is 2.11 bits per heavy atom. The van der Waals surface area contributed by atoms with Crippen molar-refractivity contribution in [1.29, 1.82) is 0 Å². The SMILES string of the molecule is CN1Cc2ccccc2C(CCCN2CCN(c3ccc(F)cc3)CC2)(c2ccccc2)C1.Cl.Cl.Cl. The molecule has 1 atom stereocenters. The summed E-state index contributed by atoms with van der Waals surface area (Å²) in [6, 6.07) is 27.1. The van der Waals surface area contributed by atoms with Crippen LogP contribution in [0.2, 0.25) is 0 Å². The van der Waals surface area contributed by atoms with Gasteiger partial charge in [0.05, 0.1) is 0 Å². The Bertz CT molecular complexity index is 1060. The summed E-state index contributed by atoms with van der Waals surface area (Å²) in [7, 11) is 2.25. The normalized spacial score (nSPS) is 19.9. The van der Waals surface area contributed by atoms with E-state index in [2.05, 4.69) is 76.3 Å². The van der Waals surface area contributed by atoms with Crippen LogP contribution in [0.5, 0.6) is 0 Å². The molecule has 0 radical (unpaired) electrons. The van der Waals surface area contributed by atoms with Crippen molar-refractivity contribution in [2.75, 3.05) is 51.2 Å². The first-order valence-corrected chi connectivity index (χ1v) is 12.2. The molecule has 5 rings (SSSR count). The first-order chi connectivity index (χ1) is 16.1. The van der Waals surface area contributed by atoms with Gasteiger partial charge in [-0.05, 0) is 67.4 Å². The standard InChI is InChI=1S/C29H34FN3.3ClH/c1-31-22-24-8-5-6-11-28(24)29(23-31,25-9-3-2-4-10-25)16-7-17-32-18-20-33(21-19-32)27-14-12-26(30)13-15-27;;;/h2-6,8-15H,7,16-23H2,1H3;3*1H. The van der Waals surface area contributed by atoms with Crippen molar-refractivity contribution < 1.29 is 4.39 Å². The molecule has 3 nitrogen and oxygen atoms in total. The number of hydrogen-bond donors (Lipinski definition) is 0. The number of anilines is 1.